The quantitative estimate of drug-likeness (QED) is 0.148. The van der Waals surface area contributed by atoms with Gasteiger partial charge in [-0.1, -0.05) is 85.2 Å². The van der Waals surface area contributed by atoms with Crippen LogP contribution in [0, 0.1) is 35.5 Å². The van der Waals surface area contributed by atoms with Gasteiger partial charge in [0.1, 0.15) is 5.78 Å². The number of ether oxygens (including phenoxy) is 2. The van der Waals surface area contributed by atoms with Crippen LogP contribution in [0.4, 0.5) is 0 Å². The average molecular weight is 812 g/mol. The van der Waals surface area contributed by atoms with E-state index in [4.69, 9.17) is 9.47 Å². The molecule has 2 heterocycles. The summed E-state index contributed by atoms with van der Waals surface area (Å²) in [6.07, 6.45) is 1.81. The second kappa shape index (κ2) is 24.2. The van der Waals surface area contributed by atoms with E-state index in [1.54, 1.807) is 26.2 Å². The Morgan fingerprint density at radius 3 is 2.07 bits per heavy atom. The number of ketones is 2. The van der Waals surface area contributed by atoms with Crippen LogP contribution in [-0.2, 0) is 39.9 Å². The van der Waals surface area contributed by atoms with Crippen LogP contribution in [0.3, 0.4) is 0 Å². The van der Waals surface area contributed by atoms with Crippen LogP contribution in [-0.4, -0.2) is 135 Å². The van der Waals surface area contributed by atoms with Crippen molar-refractivity contribution < 1.29 is 33.4 Å². The molecule has 0 spiro atoms. The fourth-order valence-corrected chi connectivity index (χ4v) is 9.41. The Labute approximate surface area is 349 Å². The molecule has 12 nitrogen and oxygen atoms in total. The SMILES string of the molecule is CCNC(=O)[C@@H](CC(=O)[C@H](C)[C@@H](OC)[C@@H]1CCCN1C(=O)CC(OC)[C@H]([C@@H](C)CC)N(C)C(=O)[C@@H](CC(=O)[C@H](C(C)C)N1CCNCC1)C(C)C)Cc1ccccc1. The van der Waals surface area contributed by atoms with Crippen LogP contribution in [0.2, 0.25) is 0 Å². The highest BCUT2D eigenvalue weighted by molar-refractivity contribution is 5.90. The van der Waals surface area contributed by atoms with E-state index in [-0.39, 0.29) is 78.4 Å². The molecule has 3 amide bonds. The van der Waals surface area contributed by atoms with Gasteiger partial charge in [-0.25, -0.2) is 0 Å². The van der Waals surface area contributed by atoms with E-state index in [0.29, 0.717) is 25.9 Å². The summed E-state index contributed by atoms with van der Waals surface area (Å²) in [7, 11) is 4.97. The molecule has 0 radical (unpaired) electrons. The number of nitrogens with one attached hydrogen (secondary N) is 2. The molecule has 2 aliphatic heterocycles. The van der Waals surface area contributed by atoms with Gasteiger partial charge in [-0.15, -0.1) is 0 Å². The van der Waals surface area contributed by atoms with E-state index >= 15 is 0 Å². The number of Topliss-reactive ketones (excluding diaryl/α,β-unsaturated/α-hetero) is 2. The molecule has 0 saturated carbocycles. The Bertz CT molecular complexity index is 1450. The van der Waals surface area contributed by atoms with Crippen molar-refractivity contribution in [1.29, 1.82) is 0 Å². The van der Waals surface area contributed by atoms with Crippen molar-refractivity contribution in [1.82, 2.24) is 25.3 Å². The summed E-state index contributed by atoms with van der Waals surface area (Å²) in [5, 5.41) is 6.27. The van der Waals surface area contributed by atoms with Gasteiger partial charge in [-0.05, 0) is 49.5 Å². The van der Waals surface area contributed by atoms with E-state index in [0.717, 1.165) is 44.6 Å². The monoisotopic (exact) mass is 812 g/mol. The van der Waals surface area contributed by atoms with Gasteiger partial charge in [-0.2, -0.15) is 0 Å². The number of hydrogen-bond donors (Lipinski definition) is 2. The van der Waals surface area contributed by atoms with Gasteiger partial charge < -0.3 is 29.9 Å². The van der Waals surface area contributed by atoms with Gasteiger partial charge in [-0.3, -0.25) is 28.9 Å². The number of amides is 3. The third-order valence-corrected chi connectivity index (χ3v) is 12.9. The summed E-state index contributed by atoms with van der Waals surface area (Å²) in [6.45, 7) is 20.3. The largest absolute Gasteiger partial charge is 0.379 e. The molecule has 1 aromatic carbocycles. The van der Waals surface area contributed by atoms with Crippen molar-refractivity contribution in [3.63, 3.8) is 0 Å². The molecule has 0 aliphatic carbocycles. The molecule has 0 bridgehead atoms. The number of carbonyl (C=O) groups excluding carboxylic acids is 5. The Kier molecular flexibility index (Phi) is 20.5. The lowest BCUT2D eigenvalue weighted by molar-refractivity contribution is -0.149. The van der Waals surface area contributed by atoms with Crippen molar-refractivity contribution >= 4 is 29.3 Å². The van der Waals surface area contributed by atoms with Gasteiger partial charge in [0.2, 0.25) is 17.7 Å². The van der Waals surface area contributed by atoms with Crippen molar-refractivity contribution in [3.8, 4) is 0 Å². The van der Waals surface area contributed by atoms with Crippen LogP contribution >= 0.6 is 0 Å². The van der Waals surface area contributed by atoms with Crippen LogP contribution < -0.4 is 10.6 Å². The molecule has 3 rings (SSSR count). The second-order valence-electron chi connectivity index (χ2n) is 17.5. The molecule has 9 atom stereocenters. The highest BCUT2D eigenvalue weighted by Gasteiger charge is 2.43. The summed E-state index contributed by atoms with van der Waals surface area (Å²) in [6, 6.07) is 8.74. The minimum Gasteiger partial charge on any atom is -0.379 e. The highest BCUT2D eigenvalue weighted by atomic mass is 16.5. The van der Waals surface area contributed by atoms with Crippen molar-refractivity contribution in [3.05, 3.63) is 35.9 Å². The summed E-state index contributed by atoms with van der Waals surface area (Å²) in [4.78, 5) is 75.8. The summed E-state index contributed by atoms with van der Waals surface area (Å²) in [5.74, 6) is -1.84. The first-order chi connectivity index (χ1) is 27.6. The van der Waals surface area contributed by atoms with E-state index in [9.17, 15) is 24.0 Å². The molecule has 1 aromatic rings. The van der Waals surface area contributed by atoms with Gasteiger partial charge >= 0.3 is 0 Å². The van der Waals surface area contributed by atoms with E-state index in [2.05, 4.69) is 43.2 Å². The second-order valence-corrected chi connectivity index (χ2v) is 17.5. The molecule has 2 N–H and O–H groups in total. The van der Waals surface area contributed by atoms with Crippen LogP contribution in [0.5, 0.6) is 0 Å². The number of benzene rings is 1. The number of rotatable bonds is 24. The maximum Gasteiger partial charge on any atom is 0.226 e. The number of piperazine rings is 1. The summed E-state index contributed by atoms with van der Waals surface area (Å²) in [5.41, 5.74) is 0.990. The molecular weight excluding hydrogens is 735 g/mol. The average Bonchev–Trinajstić information content (AvgIpc) is 3.69. The van der Waals surface area contributed by atoms with Crippen LogP contribution in [0.15, 0.2) is 30.3 Å². The zero-order valence-corrected chi connectivity index (χ0v) is 37.6. The molecule has 2 fully saturated rings. The fraction of sp³-hybridized carbons (Fsp3) is 0.761. The highest BCUT2D eigenvalue weighted by Crippen LogP contribution is 2.32. The molecule has 2 aliphatic rings. The van der Waals surface area contributed by atoms with Crippen LogP contribution in [0.25, 0.3) is 0 Å². The summed E-state index contributed by atoms with van der Waals surface area (Å²) < 4.78 is 12.1. The van der Waals surface area contributed by atoms with Gasteiger partial charge in [0, 0.05) is 91.1 Å². The third-order valence-electron chi connectivity index (χ3n) is 12.9. The Balaban J connectivity index is 1.78. The van der Waals surface area contributed by atoms with Crippen molar-refractivity contribution in [2.75, 3.05) is 60.5 Å². The Morgan fingerprint density at radius 1 is 0.862 bits per heavy atom. The smallest absolute Gasteiger partial charge is 0.226 e. The molecule has 1 unspecified atom stereocenters. The zero-order chi connectivity index (χ0) is 43.1. The Hall–Kier alpha value is -3.19. The third kappa shape index (κ3) is 13.2. The standard InChI is InChI=1S/C46H77N5O7/c1-12-32(7)43(49(9)46(56)36(30(3)4)28-39(53)42(31(5)6)50-24-21-47-22-25-50)40(57-10)29-41(54)51-23-17-20-37(51)44(58-11)33(8)38(52)27-35(45(55)48-13-2)26-34-18-15-14-16-19-34/h14-16,18-19,30-33,35-37,40,42-44,47H,12-13,17,20-29H2,1-11H3,(H,48,55)/t32-,33-,35+,36-,37-,40?,42-,43-,44+/m0/s1. The maximum absolute atomic E-state index is 14.5. The van der Waals surface area contributed by atoms with Gasteiger partial charge in [0.05, 0.1) is 36.8 Å². The number of nitrogens with zero attached hydrogens (tertiary/aromatic N) is 3. The lowest BCUT2D eigenvalue weighted by Crippen LogP contribution is -2.55. The van der Waals surface area contributed by atoms with Crippen molar-refractivity contribution in [2.24, 2.45) is 35.5 Å². The fourth-order valence-electron chi connectivity index (χ4n) is 9.41. The van der Waals surface area contributed by atoms with Gasteiger partial charge in [0.25, 0.3) is 0 Å². The first-order valence-electron chi connectivity index (χ1n) is 22.0. The van der Waals surface area contributed by atoms with E-state index in [1.807, 2.05) is 62.9 Å². The van der Waals surface area contributed by atoms with E-state index in [1.165, 1.54) is 0 Å². The molecule has 2 saturated heterocycles. The topological polar surface area (TPSA) is 138 Å². The van der Waals surface area contributed by atoms with Gasteiger partial charge in [0.15, 0.2) is 5.78 Å². The number of likely N-dealkylation sites (tertiary alicyclic amines) is 1. The molecule has 58 heavy (non-hydrogen) atoms. The normalized spacial score (nSPS) is 20.5. The lowest BCUT2D eigenvalue weighted by atomic mass is 9.83. The minimum absolute atomic E-state index is 0.00644. The number of methoxy groups -OCH3 is 2. The minimum atomic E-state index is -0.596. The zero-order valence-electron chi connectivity index (χ0n) is 37.6. The van der Waals surface area contributed by atoms with Crippen molar-refractivity contribution in [2.45, 2.75) is 131 Å². The Morgan fingerprint density at radius 2 is 1.52 bits per heavy atom. The molecule has 328 valence electrons. The van der Waals surface area contributed by atoms with E-state index < -0.39 is 36.0 Å². The number of carbonyl (C=O) groups is 5. The number of likely N-dealkylation sites (N-methyl/N-ethyl adjacent to an activating group) is 1. The predicted molar refractivity (Wildman–Crippen MR) is 229 cm³/mol. The molecule has 12 heteroatoms. The van der Waals surface area contributed by atoms with Crippen LogP contribution in [0.1, 0.15) is 99.5 Å². The molecule has 0 aromatic heterocycles. The first-order valence-corrected chi connectivity index (χ1v) is 22.0. The summed E-state index contributed by atoms with van der Waals surface area (Å²) >= 11 is 0. The first kappa shape index (κ1) is 49.2. The molecular formula is C46H77N5O7. The predicted octanol–water partition coefficient (Wildman–Crippen LogP) is 5.02. The lowest BCUT2D eigenvalue weighted by Gasteiger charge is -2.41. The number of hydrogen-bond acceptors (Lipinski definition) is 9. The maximum atomic E-state index is 14.5.